The molecule has 0 saturated heterocycles. The number of hydrogen-bond donors (Lipinski definition) is 1. The molecule has 2 nitrogen and oxygen atoms in total. The van der Waals surface area contributed by atoms with Crippen molar-refractivity contribution in [2.75, 3.05) is 0 Å². The average Bonchev–Trinajstić information content (AvgIpc) is 2.13. The van der Waals surface area contributed by atoms with E-state index in [1.807, 2.05) is 13.8 Å². The van der Waals surface area contributed by atoms with Crippen LogP contribution >= 0.6 is 8.03 Å². The van der Waals surface area contributed by atoms with Crippen molar-refractivity contribution >= 4 is 8.03 Å². The maximum Gasteiger partial charge on any atom is 0.511 e. The first-order valence-electron chi connectivity index (χ1n) is 5.29. The van der Waals surface area contributed by atoms with Crippen molar-refractivity contribution in [3.05, 3.63) is 0 Å². The Labute approximate surface area is 82.6 Å². The monoisotopic (exact) mass is 205 g/mol. The van der Waals surface area contributed by atoms with Crippen molar-refractivity contribution in [1.82, 2.24) is 0 Å². The van der Waals surface area contributed by atoms with Crippen molar-refractivity contribution in [3.63, 3.8) is 0 Å². The van der Waals surface area contributed by atoms with Gasteiger partial charge in [0.05, 0.1) is 0 Å². The maximum absolute atomic E-state index is 11.2. The Balaban J connectivity index is 4.14. The van der Waals surface area contributed by atoms with E-state index < -0.39 is 8.03 Å². The number of hydrogen-bond acceptors (Lipinski definition) is 1. The van der Waals surface area contributed by atoms with Gasteiger partial charge in [-0.3, -0.25) is 0 Å². The first-order chi connectivity index (χ1) is 6.13. The van der Waals surface area contributed by atoms with E-state index in [1.165, 1.54) is 12.8 Å². The van der Waals surface area contributed by atoms with Crippen LogP contribution in [0.2, 0.25) is 0 Å². The summed E-state index contributed by atoms with van der Waals surface area (Å²) in [6, 6.07) is 0. The average molecular weight is 205 g/mol. The Morgan fingerprint density at radius 3 is 2.00 bits per heavy atom. The van der Waals surface area contributed by atoms with E-state index in [-0.39, 0.29) is 5.16 Å². The quantitative estimate of drug-likeness (QED) is 0.506. The molecule has 0 fully saturated rings. The molecule has 0 aliphatic rings. The van der Waals surface area contributed by atoms with Crippen molar-refractivity contribution in [3.8, 4) is 0 Å². The zero-order valence-electron chi connectivity index (χ0n) is 9.05. The Hall–Kier alpha value is 0.0600. The molecule has 1 N–H and O–H groups in total. The molecule has 0 radical (unpaired) electrons. The van der Waals surface area contributed by atoms with E-state index in [1.54, 1.807) is 0 Å². The summed E-state index contributed by atoms with van der Waals surface area (Å²) in [5, 5.41) is -0.301. The molecule has 78 valence electrons. The molecule has 0 heterocycles. The second-order valence-corrected chi connectivity index (χ2v) is 5.16. The van der Waals surface area contributed by atoms with Crippen molar-refractivity contribution in [2.45, 2.75) is 64.5 Å². The normalized spacial score (nSPS) is 13.1. The summed E-state index contributed by atoms with van der Waals surface area (Å²) < 4.78 is 11.2. The van der Waals surface area contributed by atoms with Gasteiger partial charge in [0.2, 0.25) is 0 Å². The molecule has 13 heavy (non-hydrogen) atoms. The highest BCUT2D eigenvalue weighted by Gasteiger charge is 2.44. The highest BCUT2D eigenvalue weighted by molar-refractivity contribution is 7.40. The summed E-state index contributed by atoms with van der Waals surface area (Å²) in [5.41, 5.74) is 0. The van der Waals surface area contributed by atoms with Gasteiger partial charge in [0, 0.05) is 0 Å². The van der Waals surface area contributed by atoms with Crippen LogP contribution in [-0.4, -0.2) is 10.0 Å². The van der Waals surface area contributed by atoms with Crippen molar-refractivity contribution in [2.24, 2.45) is 0 Å². The van der Waals surface area contributed by atoms with Crippen LogP contribution in [-0.2, 0) is 4.57 Å². The molecule has 0 aliphatic heterocycles. The Morgan fingerprint density at radius 2 is 1.69 bits per heavy atom. The predicted octanol–water partition coefficient (Wildman–Crippen LogP) is 3.86. The molecule has 0 saturated carbocycles. The molecular weight excluding hydrogens is 183 g/mol. The molecule has 0 rings (SSSR count). The Kier molecular flexibility index (Phi) is 6.53. The second kappa shape index (κ2) is 6.50. The van der Waals surface area contributed by atoms with Crippen LogP contribution in [0.4, 0.5) is 0 Å². The number of unbranched alkanes of at least 4 members (excludes halogenated alkanes) is 2. The summed E-state index contributed by atoms with van der Waals surface area (Å²) >= 11 is 0. The zero-order valence-corrected chi connectivity index (χ0v) is 9.94. The lowest BCUT2D eigenvalue weighted by Gasteiger charge is -2.17. The van der Waals surface area contributed by atoms with E-state index in [4.69, 9.17) is 0 Å². The minimum absolute atomic E-state index is 0.301. The van der Waals surface area contributed by atoms with Crippen molar-refractivity contribution in [1.29, 1.82) is 0 Å². The fraction of sp³-hybridized carbons (Fsp3) is 1.00. The molecule has 0 aliphatic carbocycles. The molecule has 0 aromatic heterocycles. The first kappa shape index (κ1) is 13.1. The standard InChI is InChI=1S/C10H21O2P/c1-4-7-8-9-10(5-2,6-3)13(11)12/h4-9H2,1-3H3/p+1. The molecule has 1 unspecified atom stereocenters. The topological polar surface area (TPSA) is 37.3 Å². The SMILES string of the molecule is CCCCCC(CC)(CC)[P+](=O)O. The molecule has 0 spiro atoms. The predicted molar refractivity (Wildman–Crippen MR) is 57.3 cm³/mol. The maximum atomic E-state index is 11.2. The third kappa shape index (κ3) is 3.74. The van der Waals surface area contributed by atoms with Crippen LogP contribution < -0.4 is 0 Å². The van der Waals surface area contributed by atoms with Gasteiger partial charge >= 0.3 is 8.03 Å². The van der Waals surface area contributed by atoms with E-state index in [0.29, 0.717) is 0 Å². The lowest BCUT2D eigenvalue weighted by atomic mass is 9.95. The molecule has 1 atom stereocenters. The van der Waals surface area contributed by atoms with Gasteiger partial charge < -0.3 is 0 Å². The van der Waals surface area contributed by atoms with Gasteiger partial charge in [0.1, 0.15) is 0 Å². The highest BCUT2D eigenvalue weighted by Crippen LogP contribution is 2.44. The first-order valence-corrected chi connectivity index (χ1v) is 6.50. The lowest BCUT2D eigenvalue weighted by molar-refractivity contribution is 0.396. The summed E-state index contributed by atoms with van der Waals surface area (Å²) in [4.78, 5) is 9.27. The van der Waals surface area contributed by atoms with E-state index in [0.717, 1.165) is 25.7 Å². The van der Waals surface area contributed by atoms with E-state index in [9.17, 15) is 9.46 Å². The summed E-state index contributed by atoms with van der Waals surface area (Å²) in [6.45, 7) is 6.18. The van der Waals surface area contributed by atoms with E-state index >= 15 is 0 Å². The molecule has 0 aromatic rings. The van der Waals surface area contributed by atoms with Gasteiger partial charge in [-0.25, -0.2) is 0 Å². The van der Waals surface area contributed by atoms with E-state index in [2.05, 4.69) is 6.92 Å². The third-order valence-electron chi connectivity index (χ3n) is 2.97. The summed E-state index contributed by atoms with van der Waals surface area (Å²) in [7, 11) is -2.01. The smallest absolute Gasteiger partial charge is 0.160 e. The molecule has 0 aromatic carbocycles. The minimum atomic E-state index is -2.01. The molecule has 0 bridgehead atoms. The van der Waals surface area contributed by atoms with Crippen LogP contribution in [0, 0.1) is 0 Å². The van der Waals surface area contributed by atoms with Crippen LogP contribution in [0.15, 0.2) is 0 Å². The van der Waals surface area contributed by atoms with Crippen molar-refractivity contribution < 1.29 is 9.46 Å². The van der Waals surface area contributed by atoms with Gasteiger partial charge in [-0.1, -0.05) is 33.6 Å². The van der Waals surface area contributed by atoms with Gasteiger partial charge in [0.25, 0.3) is 0 Å². The Bertz CT molecular complexity index is 153. The zero-order chi connectivity index (χ0) is 10.3. The minimum Gasteiger partial charge on any atom is -0.160 e. The van der Waals surface area contributed by atoms with Gasteiger partial charge in [-0.2, -0.15) is 4.89 Å². The largest absolute Gasteiger partial charge is 0.511 e. The van der Waals surface area contributed by atoms with Gasteiger partial charge in [-0.15, -0.1) is 0 Å². The fourth-order valence-electron chi connectivity index (χ4n) is 1.67. The van der Waals surface area contributed by atoms with Crippen LogP contribution in [0.1, 0.15) is 59.3 Å². The third-order valence-corrected chi connectivity index (χ3v) is 4.64. The van der Waals surface area contributed by atoms with Gasteiger partial charge in [-0.05, 0) is 30.2 Å². The lowest BCUT2D eigenvalue weighted by Crippen LogP contribution is -2.22. The van der Waals surface area contributed by atoms with Crippen LogP contribution in [0.3, 0.4) is 0 Å². The van der Waals surface area contributed by atoms with Crippen LogP contribution in [0.25, 0.3) is 0 Å². The molecular formula is C10H22O2P+. The second-order valence-electron chi connectivity index (χ2n) is 3.66. The highest BCUT2D eigenvalue weighted by atomic mass is 31.1. The molecule has 0 amide bonds. The Morgan fingerprint density at radius 1 is 1.15 bits per heavy atom. The number of rotatable bonds is 7. The summed E-state index contributed by atoms with van der Waals surface area (Å²) in [5.74, 6) is 0. The van der Waals surface area contributed by atoms with Crippen LogP contribution in [0.5, 0.6) is 0 Å². The summed E-state index contributed by atoms with van der Waals surface area (Å²) in [6.07, 6.45) is 5.97. The molecule has 3 heteroatoms. The fourth-order valence-corrected chi connectivity index (χ4v) is 2.56. The van der Waals surface area contributed by atoms with Gasteiger partial charge in [0.15, 0.2) is 5.16 Å².